The number of pyridine rings is 1. The van der Waals surface area contributed by atoms with Gasteiger partial charge in [-0.15, -0.1) is 0 Å². The van der Waals surface area contributed by atoms with Crippen LogP contribution in [-0.4, -0.2) is 20.5 Å². The predicted molar refractivity (Wildman–Crippen MR) is 59.9 cm³/mol. The van der Waals surface area contributed by atoms with Gasteiger partial charge in [0, 0.05) is 12.4 Å². The summed E-state index contributed by atoms with van der Waals surface area (Å²) < 4.78 is 2.39. The third kappa shape index (κ3) is 1.46. The Hall–Kier alpha value is -0.820. The maximum Gasteiger partial charge on any atom is 0.356 e. The zero-order valence-electron chi connectivity index (χ0n) is 6.74. The second-order valence-corrected chi connectivity index (χ2v) is 4.13. The molecule has 0 amide bonds. The number of halogens is 2. The molecule has 6 heteroatoms. The van der Waals surface area contributed by atoms with Gasteiger partial charge in [0.25, 0.3) is 0 Å². The Labute approximate surface area is 97.7 Å². The molecule has 0 saturated heterocycles. The zero-order chi connectivity index (χ0) is 10.3. The second-order valence-electron chi connectivity index (χ2n) is 2.64. The summed E-state index contributed by atoms with van der Waals surface area (Å²) in [5.41, 5.74) is 0.584. The van der Waals surface area contributed by atoms with E-state index in [1.165, 1.54) is 6.20 Å². The van der Waals surface area contributed by atoms with E-state index in [9.17, 15) is 4.79 Å². The molecule has 0 radical (unpaired) electrons. The van der Waals surface area contributed by atoms with Crippen LogP contribution in [0, 0.1) is 3.57 Å². The number of aromatic nitrogens is 2. The number of fused-ring (bicyclic) bond motifs is 1. The van der Waals surface area contributed by atoms with Gasteiger partial charge in [0.15, 0.2) is 11.3 Å². The van der Waals surface area contributed by atoms with Gasteiger partial charge in [0.1, 0.15) is 0 Å². The fourth-order valence-electron chi connectivity index (χ4n) is 1.10. The van der Waals surface area contributed by atoms with Crippen molar-refractivity contribution in [3.8, 4) is 0 Å². The van der Waals surface area contributed by atoms with Gasteiger partial charge >= 0.3 is 5.97 Å². The van der Waals surface area contributed by atoms with E-state index in [4.69, 9.17) is 16.7 Å². The summed E-state index contributed by atoms with van der Waals surface area (Å²) in [6.45, 7) is 0. The van der Waals surface area contributed by atoms with E-state index in [1.807, 2.05) is 22.6 Å². The first-order chi connectivity index (χ1) is 6.59. The smallest absolute Gasteiger partial charge is 0.356 e. The Morgan fingerprint density at radius 2 is 2.36 bits per heavy atom. The minimum Gasteiger partial charge on any atom is -0.476 e. The van der Waals surface area contributed by atoms with Gasteiger partial charge in [0.05, 0.1) is 8.59 Å². The topological polar surface area (TPSA) is 54.6 Å². The van der Waals surface area contributed by atoms with Gasteiger partial charge in [-0.2, -0.15) is 0 Å². The van der Waals surface area contributed by atoms with Crippen molar-refractivity contribution in [1.29, 1.82) is 0 Å². The highest BCUT2D eigenvalue weighted by Gasteiger charge is 2.11. The molecule has 2 heterocycles. The molecule has 2 aromatic heterocycles. The Morgan fingerprint density at radius 3 is 3.00 bits per heavy atom. The summed E-state index contributed by atoms with van der Waals surface area (Å²) in [4.78, 5) is 14.6. The van der Waals surface area contributed by atoms with Crippen LogP contribution >= 0.6 is 34.2 Å². The maximum absolute atomic E-state index is 10.7. The minimum atomic E-state index is -1.04. The molecular weight excluding hydrogens is 318 g/mol. The molecule has 0 aliphatic carbocycles. The van der Waals surface area contributed by atoms with Crippen molar-refractivity contribution in [3.05, 3.63) is 32.7 Å². The molecule has 0 fully saturated rings. The van der Waals surface area contributed by atoms with Gasteiger partial charge in [-0.1, -0.05) is 11.6 Å². The number of hydrogen-bond acceptors (Lipinski definition) is 2. The number of rotatable bonds is 1. The lowest BCUT2D eigenvalue weighted by atomic mass is 10.5. The molecule has 0 saturated carbocycles. The summed E-state index contributed by atoms with van der Waals surface area (Å²) in [7, 11) is 0. The van der Waals surface area contributed by atoms with E-state index in [0.717, 1.165) is 3.57 Å². The summed E-state index contributed by atoms with van der Waals surface area (Å²) >= 11 is 7.90. The molecule has 2 aromatic rings. The molecule has 0 aromatic carbocycles. The highest BCUT2D eigenvalue weighted by Crippen LogP contribution is 2.22. The van der Waals surface area contributed by atoms with Crippen LogP contribution in [0.3, 0.4) is 0 Å². The Morgan fingerprint density at radius 1 is 1.64 bits per heavy atom. The minimum absolute atomic E-state index is 0.0187. The molecule has 0 bridgehead atoms. The highest BCUT2D eigenvalue weighted by molar-refractivity contribution is 14.1. The van der Waals surface area contributed by atoms with Crippen molar-refractivity contribution in [3.63, 3.8) is 0 Å². The molecule has 0 spiro atoms. The first-order valence-electron chi connectivity index (χ1n) is 3.65. The molecule has 72 valence electrons. The molecule has 4 nitrogen and oxygen atoms in total. The number of carbonyl (C=O) groups is 1. The summed E-state index contributed by atoms with van der Waals surface area (Å²) in [6, 6.07) is 1.70. The van der Waals surface area contributed by atoms with Crippen molar-refractivity contribution in [2.75, 3.05) is 0 Å². The van der Waals surface area contributed by atoms with E-state index in [1.54, 1.807) is 16.7 Å². The van der Waals surface area contributed by atoms with Crippen LogP contribution in [-0.2, 0) is 0 Å². The lowest BCUT2D eigenvalue weighted by Crippen LogP contribution is -1.95. The van der Waals surface area contributed by atoms with Crippen molar-refractivity contribution >= 4 is 45.8 Å². The van der Waals surface area contributed by atoms with Crippen molar-refractivity contribution < 1.29 is 9.90 Å². The van der Waals surface area contributed by atoms with Crippen LogP contribution in [0.25, 0.3) is 5.65 Å². The average molecular weight is 322 g/mol. The Bertz CT molecular complexity index is 523. The van der Waals surface area contributed by atoms with Crippen LogP contribution in [0.1, 0.15) is 10.5 Å². The number of imidazole rings is 1. The van der Waals surface area contributed by atoms with Crippen molar-refractivity contribution in [2.45, 2.75) is 0 Å². The molecule has 2 rings (SSSR count). The first kappa shape index (κ1) is 9.72. The van der Waals surface area contributed by atoms with E-state index in [-0.39, 0.29) is 5.69 Å². The average Bonchev–Trinajstić information content (AvgIpc) is 2.56. The number of nitrogens with zero attached hydrogens (tertiary/aromatic N) is 2. The lowest BCUT2D eigenvalue weighted by Gasteiger charge is -1.96. The summed E-state index contributed by atoms with van der Waals surface area (Å²) in [5, 5.41) is 9.30. The van der Waals surface area contributed by atoms with Gasteiger partial charge in [-0.05, 0) is 28.7 Å². The molecule has 0 atom stereocenters. The second kappa shape index (κ2) is 3.39. The van der Waals surface area contributed by atoms with E-state index in [2.05, 4.69) is 4.98 Å². The monoisotopic (exact) mass is 322 g/mol. The normalized spacial score (nSPS) is 10.7. The molecule has 1 N–H and O–H groups in total. The quantitative estimate of drug-likeness (QED) is 0.820. The van der Waals surface area contributed by atoms with Crippen LogP contribution in [0.2, 0.25) is 5.02 Å². The Kier molecular flexibility index (Phi) is 2.36. The van der Waals surface area contributed by atoms with Crippen LogP contribution < -0.4 is 0 Å². The van der Waals surface area contributed by atoms with Crippen molar-refractivity contribution in [1.82, 2.24) is 9.38 Å². The van der Waals surface area contributed by atoms with Crippen LogP contribution in [0.15, 0.2) is 18.5 Å². The number of carboxylic acid groups (broad SMARTS) is 1. The summed E-state index contributed by atoms with van der Waals surface area (Å²) in [5.74, 6) is -1.04. The zero-order valence-corrected chi connectivity index (χ0v) is 9.65. The SMILES string of the molecule is O=C(O)c1cn2ccc(Cl)c(I)c2n1. The number of aromatic carboxylic acids is 1. The molecule has 0 aliphatic rings. The highest BCUT2D eigenvalue weighted by atomic mass is 127. The summed E-state index contributed by atoms with van der Waals surface area (Å²) in [6.07, 6.45) is 3.13. The van der Waals surface area contributed by atoms with Gasteiger partial charge in [-0.3, -0.25) is 0 Å². The van der Waals surface area contributed by atoms with Gasteiger partial charge in [0.2, 0.25) is 0 Å². The number of hydrogen-bond donors (Lipinski definition) is 1. The fourth-order valence-corrected chi connectivity index (χ4v) is 1.82. The number of carboxylic acids is 1. The molecule has 0 unspecified atom stereocenters. The van der Waals surface area contributed by atoms with Gasteiger partial charge in [-0.25, -0.2) is 9.78 Å². The van der Waals surface area contributed by atoms with E-state index >= 15 is 0 Å². The third-order valence-electron chi connectivity index (χ3n) is 1.74. The third-order valence-corrected chi connectivity index (χ3v) is 3.44. The molecule has 0 aliphatic heterocycles. The van der Waals surface area contributed by atoms with Crippen LogP contribution in [0.4, 0.5) is 0 Å². The molecule has 14 heavy (non-hydrogen) atoms. The van der Waals surface area contributed by atoms with Crippen LogP contribution in [0.5, 0.6) is 0 Å². The van der Waals surface area contributed by atoms with E-state index < -0.39 is 5.97 Å². The lowest BCUT2D eigenvalue weighted by molar-refractivity contribution is 0.0691. The Balaban J connectivity index is 2.77. The molecular formula is C8H4ClIN2O2. The predicted octanol–water partition coefficient (Wildman–Crippen LogP) is 2.29. The van der Waals surface area contributed by atoms with E-state index in [0.29, 0.717) is 10.7 Å². The van der Waals surface area contributed by atoms with Gasteiger partial charge < -0.3 is 9.51 Å². The standard InChI is InChI=1S/C8H4ClIN2O2/c9-4-1-2-12-3-5(8(13)14)11-7(12)6(4)10/h1-3H,(H,13,14). The first-order valence-corrected chi connectivity index (χ1v) is 5.11. The van der Waals surface area contributed by atoms with Crippen molar-refractivity contribution in [2.24, 2.45) is 0 Å². The fraction of sp³-hybridized carbons (Fsp3) is 0. The largest absolute Gasteiger partial charge is 0.476 e. The maximum atomic E-state index is 10.7.